The summed E-state index contributed by atoms with van der Waals surface area (Å²) in [6, 6.07) is 2.70. The number of nitro groups is 1. The first-order valence-electron chi connectivity index (χ1n) is 4.50. The van der Waals surface area contributed by atoms with Crippen LogP contribution in [0.3, 0.4) is 0 Å². The number of hydrogen-bond acceptors (Lipinski definition) is 6. The summed E-state index contributed by atoms with van der Waals surface area (Å²) in [4.78, 5) is 13.9. The number of methoxy groups -OCH3 is 2. The zero-order valence-corrected chi connectivity index (χ0v) is 9.00. The summed E-state index contributed by atoms with van der Waals surface area (Å²) >= 11 is 0. The van der Waals surface area contributed by atoms with Crippen LogP contribution in [0.5, 0.6) is 11.8 Å². The van der Waals surface area contributed by atoms with E-state index in [0.717, 1.165) is 0 Å². The molecule has 1 rings (SSSR count). The highest BCUT2D eigenvalue weighted by Crippen LogP contribution is 2.26. The van der Waals surface area contributed by atoms with Gasteiger partial charge in [-0.1, -0.05) is 0 Å². The Morgan fingerprint density at radius 2 is 2.12 bits per heavy atom. The van der Waals surface area contributed by atoms with Gasteiger partial charge in [-0.15, -0.1) is 0 Å². The summed E-state index contributed by atoms with van der Waals surface area (Å²) in [6.45, 7) is 0.742. The molecule has 1 aromatic heterocycles. The van der Waals surface area contributed by atoms with E-state index in [0.29, 0.717) is 13.2 Å². The number of hydrogen-bond donors (Lipinski definition) is 0. The van der Waals surface area contributed by atoms with Crippen LogP contribution >= 0.6 is 0 Å². The van der Waals surface area contributed by atoms with Crippen LogP contribution in [0, 0.1) is 10.1 Å². The maximum atomic E-state index is 10.6. The van der Waals surface area contributed by atoms with Crippen LogP contribution < -0.4 is 9.47 Å². The molecule has 16 heavy (non-hydrogen) atoms. The first-order chi connectivity index (χ1) is 7.69. The highest BCUT2D eigenvalue weighted by atomic mass is 16.6. The molecule has 0 fully saturated rings. The highest BCUT2D eigenvalue weighted by molar-refractivity contribution is 5.42. The summed E-state index contributed by atoms with van der Waals surface area (Å²) in [5.74, 6) is 0.194. The van der Waals surface area contributed by atoms with Crippen LogP contribution in [0.4, 0.5) is 5.69 Å². The number of aromatic nitrogens is 1. The molecule has 0 unspecified atom stereocenters. The lowest BCUT2D eigenvalue weighted by Gasteiger charge is -2.06. The number of ether oxygens (including phenoxy) is 3. The number of nitrogens with zero attached hydrogens (tertiary/aromatic N) is 2. The van der Waals surface area contributed by atoms with Crippen molar-refractivity contribution in [3.05, 3.63) is 22.2 Å². The Labute approximate surface area is 92.1 Å². The maximum absolute atomic E-state index is 10.6. The number of rotatable bonds is 6. The van der Waals surface area contributed by atoms with Gasteiger partial charge < -0.3 is 14.2 Å². The van der Waals surface area contributed by atoms with Crippen LogP contribution in [-0.2, 0) is 4.74 Å². The normalized spacial score (nSPS) is 9.88. The summed E-state index contributed by atoms with van der Waals surface area (Å²) < 4.78 is 14.8. The fraction of sp³-hybridized carbons (Fsp3) is 0.444. The van der Waals surface area contributed by atoms with Crippen molar-refractivity contribution in [1.29, 1.82) is 0 Å². The van der Waals surface area contributed by atoms with Crippen molar-refractivity contribution >= 4 is 5.69 Å². The van der Waals surface area contributed by atoms with Gasteiger partial charge in [-0.25, -0.2) is 0 Å². The van der Waals surface area contributed by atoms with Crippen molar-refractivity contribution in [2.45, 2.75) is 0 Å². The topological polar surface area (TPSA) is 83.7 Å². The minimum atomic E-state index is -0.565. The molecule has 0 saturated carbocycles. The molecule has 0 N–H and O–H groups in total. The maximum Gasteiger partial charge on any atom is 0.331 e. The lowest BCUT2D eigenvalue weighted by Crippen LogP contribution is -2.06. The van der Waals surface area contributed by atoms with Gasteiger partial charge in [0.1, 0.15) is 6.61 Å². The lowest BCUT2D eigenvalue weighted by molar-refractivity contribution is -0.386. The van der Waals surface area contributed by atoms with Crippen molar-refractivity contribution in [2.75, 3.05) is 27.4 Å². The Bertz CT molecular complexity index is 369. The first-order valence-corrected chi connectivity index (χ1v) is 4.50. The molecule has 0 aliphatic carbocycles. The number of pyridine rings is 1. The third-order valence-corrected chi connectivity index (χ3v) is 1.74. The molecule has 0 atom stereocenters. The van der Waals surface area contributed by atoms with Gasteiger partial charge >= 0.3 is 5.69 Å². The van der Waals surface area contributed by atoms with E-state index in [9.17, 15) is 10.1 Å². The van der Waals surface area contributed by atoms with Crippen LogP contribution in [0.15, 0.2) is 12.1 Å². The van der Waals surface area contributed by atoms with Gasteiger partial charge in [0.15, 0.2) is 0 Å². The molecule has 0 radical (unpaired) electrons. The Morgan fingerprint density at radius 3 is 2.69 bits per heavy atom. The third kappa shape index (κ3) is 3.06. The molecule has 0 saturated heterocycles. The Hall–Kier alpha value is -1.89. The molecule has 0 bridgehead atoms. The second kappa shape index (κ2) is 5.86. The molecule has 1 heterocycles. The third-order valence-electron chi connectivity index (χ3n) is 1.74. The van der Waals surface area contributed by atoms with Gasteiger partial charge in [-0.3, -0.25) is 10.1 Å². The largest absolute Gasteiger partial charge is 0.476 e. The monoisotopic (exact) mass is 228 g/mol. The van der Waals surface area contributed by atoms with Gasteiger partial charge in [0.2, 0.25) is 5.88 Å². The highest BCUT2D eigenvalue weighted by Gasteiger charge is 2.16. The van der Waals surface area contributed by atoms with Gasteiger partial charge in [-0.05, 0) is 0 Å². The Balaban J connectivity index is 2.78. The van der Waals surface area contributed by atoms with Crippen LogP contribution in [-0.4, -0.2) is 37.3 Å². The van der Waals surface area contributed by atoms with Gasteiger partial charge in [0, 0.05) is 19.2 Å². The second-order valence-electron chi connectivity index (χ2n) is 2.78. The average molecular weight is 228 g/mol. The summed E-state index contributed by atoms with van der Waals surface area (Å²) in [7, 11) is 2.86. The molecule has 88 valence electrons. The predicted molar refractivity (Wildman–Crippen MR) is 54.8 cm³/mol. The van der Waals surface area contributed by atoms with Gasteiger partial charge in [0.05, 0.1) is 18.6 Å². The average Bonchev–Trinajstić information content (AvgIpc) is 2.29. The summed E-state index contributed by atoms with van der Waals surface area (Å²) in [5.41, 5.74) is -0.193. The molecular formula is C9H12N2O5. The second-order valence-corrected chi connectivity index (χ2v) is 2.78. The molecule has 0 spiro atoms. The lowest BCUT2D eigenvalue weighted by atomic mass is 10.4. The molecule has 7 heteroatoms. The summed E-state index contributed by atoms with van der Waals surface area (Å²) in [6.07, 6.45) is 0. The van der Waals surface area contributed by atoms with Crippen molar-refractivity contribution in [2.24, 2.45) is 0 Å². The quantitative estimate of drug-likeness (QED) is 0.410. The summed E-state index contributed by atoms with van der Waals surface area (Å²) in [5, 5.41) is 10.6. The smallest absolute Gasteiger partial charge is 0.331 e. The van der Waals surface area contributed by atoms with E-state index >= 15 is 0 Å². The fourth-order valence-electron chi connectivity index (χ4n) is 1.02. The fourth-order valence-corrected chi connectivity index (χ4v) is 1.02. The molecule has 1 aromatic rings. The van der Waals surface area contributed by atoms with E-state index in [2.05, 4.69) is 4.98 Å². The van der Waals surface area contributed by atoms with E-state index in [1.165, 1.54) is 19.2 Å². The predicted octanol–water partition coefficient (Wildman–Crippen LogP) is 1.02. The van der Waals surface area contributed by atoms with Crippen molar-refractivity contribution in [1.82, 2.24) is 4.98 Å². The molecule has 0 aliphatic rings. The van der Waals surface area contributed by atoms with Crippen molar-refractivity contribution in [3.63, 3.8) is 0 Å². The van der Waals surface area contributed by atoms with E-state index in [1.807, 2.05) is 0 Å². The van der Waals surface area contributed by atoms with Crippen molar-refractivity contribution < 1.29 is 19.1 Å². The SMILES string of the molecule is COCCOc1ccc([N+](=O)[O-])c(OC)n1. The van der Waals surface area contributed by atoms with Gasteiger partial charge in [-0.2, -0.15) is 4.98 Å². The van der Waals surface area contributed by atoms with Gasteiger partial charge in [0.25, 0.3) is 5.88 Å². The zero-order chi connectivity index (χ0) is 12.0. The van der Waals surface area contributed by atoms with Crippen molar-refractivity contribution in [3.8, 4) is 11.8 Å². The van der Waals surface area contributed by atoms with Crippen LogP contribution in [0.2, 0.25) is 0 Å². The molecule has 7 nitrogen and oxygen atoms in total. The van der Waals surface area contributed by atoms with E-state index < -0.39 is 4.92 Å². The van der Waals surface area contributed by atoms with E-state index in [-0.39, 0.29) is 17.4 Å². The standard InChI is InChI=1S/C9H12N2O5/c1-14-5-6-16-8-4-3-7(11(12)13)9(10-8)15-2/h3-4H,5-6H2,1-2H3. The van der Waals surface area contributed by atoms with E-state index in [1.54, 1.807) is 7.11 Å². The Kier molecular flexibility index (Phi) is 4.46. The molecular weight excluding hydrogens is 216 g/mol. The Morgan fingerprint density at radius 1 is 1.38 bits per heavy atom. The zero-order valence-electron chi connectivity index (χ0n) is 9.00. The molecule has 0 aliphatic heterocycles. The van der Waals surface area contributed by atoms with Crippen LogP contribution in [0.1, 0.15) is 0 Å². The van der Waals surface area contributed by atoms with E-state index in [4.69, 9.17) is 14.2 Å². The first kappa shape index (κ1) is 12.2. The minimum absolute atomic E-state index is 0.0695. The minimum Gasteiger partial charge on any atom is -0.476 e. The molecule has 0 amide bonds. The molecule has 0 aromatic carbocycles. The van der Waals surface area contributed by atoms with Crippen LogP contribution in [0.25, 0.3) is 0 Å².